The van der Waals surface area contributed by atoms with Crippen LogP contribution in [0.15, 0.2) is 60.8 Å². The number of nitrogens with one attached hydrogen (secondary N) is 1. The summed E-state index contributed by atoms with van der Waals surface area (Å²) in [5, 5.41) is 18.3. The van der Waals surface area contributed by atoms with Crippen LogP contribution in [0, 0.1) is 6.92 Å². The lowest BCUT2D eigenvalue weighted by Gasteiger charge is -2.34. The van der Waals surface area contributed by atoms with Gasteiger partial charge in [0.15, 0.2) is 5.65 Å². The summed E-state index contributed by atoms with van der Waals surface area (Å²) in [5.41, 5.74) is 3.89. The first kappa shape index (κ1) is 20.4. The van der Waals surface area contributed by atoms with Crippen molar-refractivity contribution in [1.29, 1.82) is 0 Å². The molecule has 1 aliphatic rings. The molecule has 0 atom stereocenters. The summed E-state index contributed by atoms with van der Waals surface area (Å²) < 4.78 is 1.87. The number of para-hydroxylation sites is 2. The van der Waals surface area contributed by atoms with E-state index in [0.717, 1.165) is 60.0 Å². The maximum atomic E-state index is 9.24. The molecular formula is C24H27N7O. The third kappa shape index (κ3) is 4.02. The van der Waals surface area contributed by atoms with Gasteiger partial charge in [-0.3, -0.25) is 4.90 Å². The van der Waals surface area contributed by atoms with Crippen LogP contribution in [0.2, 0.25) is 0 Å². The molecule has 0 radical (unpaired) electrons. The SMILES string of the molecule is Cc1ccccc1Nc1nc(N2CCN(CCO)CC2)nc2c1cnn2-c1ccccc1. The highest BCUT2D eigenvalue weighted by Gasteiger charge is 2.22. The summed E-state index contributed by atoms with van der Waals surface area (Å²) in [6.45, 7) is 6.34. The quantitative estimate of drug-likeness (QED) is 0.488. The van der Waals surface area contributed by atoms with Crippen LogP contribution in [0.3, 0.4) is 0 Å². The first-order valence-corrected chi connectivity index (χ1v) is 10.9. The first-order valence-electron chi connectivity index (χ1n) is 10.9. The van der Waals surface area contributed by atoms with E-state index < -0.39 is 0 Å². The second kappa shape index (κ2) is 8.94. The zero-order valence-electron chi connectivity index (χ0n) is 18.1. The minimum atomic E-state index is 0.184. The number of aryl methyl sites for hydroxylation is 1. The Labute approximate surface area is 187 Å². The lowest BCUT2D eigenvalue weighted by molar-refractivity contribution is 0.188. The van der Waals surface area contributed by atoms with Gasteiger partial charge in [-0.2, -0.15) is 15.1 Å². The number of piperazine rings is 1. The maximum Gasteiger partial charge on any atom is 0.229 e. The Bertz CT molecular complexity index is 1200. The zero-order valence-corrected chi connectivity index (χ0v) is 18.1. The Morgan fingerprint density at radius 2 is 1.69 bits per heavy atom. The fourth-order valence-electron chi connectivity index (χ4n) is 4.05. The van der Waals surface area contributed by atoms with Crippen molar-refractivity contribution in [3.05, 3.63) is 66.4 Å². The molecule has 0 aliphatic carbocycles. The number of β-amino-alcohol motifs (C(OH)–C–C–N with tert-alkyl or cyclic N) is 1. The molecule has 1 saturated heterocycles. The highest BCUT2D eigenvalue weighted by Crippen LogP contribution is 2.29. The summed E-state index contributed by atoms with van der Waals surface area (Å²) in [7, 11) is 0. The van der Waals surface area contributed by atoms with Gasteiger partial charge in [0.25, 0.3) is 0 Å². The molecule has 8 heteroatoms. The van der Waals surface area contributed by atoms with Gasteiger partial charge in [-0.05, 0) is 30.7 Å². The highest BCUT2D eigenvalue weighted by atomic mass is 16.3. The minimum absolute atomic E-state index is 0.184. The van der Waals surface area contributed by atoms with Gasteiger partial charge in [-0.25, -0.2) is 4.68 Å². The van der Waals surface area contributed by atoms with Crippen molar-refractivity contribution >= 4 is 28.5 Å². The number of anilines is 3. The monoisotopic (exact) mass is 429 g/mol. The van der Waals surface area contributed by atoms with Gasteiger partial charge < -0.3 is 15.3 Å². The summed E-state index contributed by atoms with van der Waals surface area (Å²) >= 11 is 0. The second-order valence-electron chi connectivity index (χ2n) is 7.99. The molecule has 2 N–H and O–H groups in total. The second-order valence-corrected chi connectivity index (χ2v) is 7.99. The van der Waals surface area contributed by atoms with Crippen LogP contribution in [0.25, 0.3) is 16.7 Å². The number of benzene rings is 2. The molecule has 0 bridgehead atoms. The van der Waals surface area contributed by atoms with Crippen LogP contribution >= 0.6 is 0 Å². The number of hydrogen-bond donors (Lipinski definition) is 2. The van der Waals surface area contributed by atoms with Crippen LogP contribution in [0.5, 0.6) is 0 Å². The summed E-state index contributed by atoms with van der Waals surface area (Å²) in [6, 6.07) is 18.2. The third-order valence-corrected chi connectivity index (χ3v) is 5.89. The van der Waals surface area contributed by atoms with E-state index in [1.54, 1.807) is 0 Å². The van der Waals surface area contributed by atoms with Gasteiger partial charge in [0, 0.05) is 38.4 Å². The van der Waals surface area contributed by atoms with E-state index in [2.05, 4.69) is 39.3 Å². The number of rotatable bonds is 6. The molecule has 4 aromatic rings. The van der Waals surface area contributed by atoms with Crippen molar-refractivity contribution in [2.75, 3.05) is 49.5 Å². The molecule has 0 amide bonds. The van der Waals surface area contributed by atoms with Crippen molar-refractivity contribution in [1.82, 2.24) is 24.6 Å². The van der Waals surface area contributed by atoms with E-state index in [4.69, 9.17) is 9.97 Å². The summed E-state index contributed by atoms with van der Waals surface area (Å²) in [4.78, 5) is 14.3. The number of hydrogen-bond acceptors (Lipinski definition) is 7. The fraction of sp³-hybridized carbons (Fsp3) is 0.292. The summed E-state index contributed by atoms with van der Waals surface area (Å²) in [5.74, 6) is 1.44. The van der Waals surface area contributed by atoms with Crippen LogP contribution in [-0.2, 0) is 0 Å². The highest BCUT2D eigenvalue weighted by molar-refractivity contribution is 5.90. The average Bonchev–Trinajstić information content (AvgIpc) is 3.26. The predicted octanol–water partition coefficient (Wildman–Crippen LogP) is 2.98. The molecule has 1 fully saturated rings. The smallest absolute Gasteiger partial charge is 0.229 e. The van der Waals surface area contributed by atoms with Gasteiger partial charge in [-0.15, -0.1) is 0 Å². The van der Waals surface area contributed by atoms with Crippen molar-refractivity contribution < 1.29 is 5.11 Å². The number of aliphatic hydroxyl groups is 1. The predicted molar refractivity (Wildman–Crippen MR) is 127 cm³/mol. The molecule has 3 heterocycles. The lowest BCUT2D eigenvalue weighted by atomic mass is 10.2. The van der Waals surface area contributed by atoms with Crippen LogP contribution in [0.4, 0.5) is 17.5 Å². The maximum absolute atomic E-state index is 9.24. The molecule has 0 saturated carbocycles. The molecule has 5 rings (SSSR count). The lowest BCUT2D eigenvalue weighted by Crippen LogP contribution is -2.47. The van der Waals surface area contributed by atoms with Gasteiger partial charge >= 0.3 is 0 Å². The van der Waals surface area contributed by atoms with Crippen LogP contribution < -0.4 is 10.2 Å². The molecule has 2 aromatic heterocycles. The first-order chi connectivity index (χ1) is 15.7. The number of aliphatic hydroxyl groups excluding tert-OH is 1. The Balaban J connectivity index is 1.57. The number of fused-ring (bicyclic) bond motifs is 1. The normalized spacial score (nSPS) is 14.8. The molecule has 32 heavy (non-hydrogen) atoms. The molecular weight excluding hydrogens is 402 g/mol. The van der Waals surface area contributed by atoms with Crippen LogP contribution in [-0.4, -0.2) is 69.1 Å². The average molecular weight is 430 g/mol. The molecule has 0 unspecified atom stereocenters. The molecule has 2 aromatic carbocycles. The zero-order chi connectivity index (χ0) is 21.9. The number of aromatic nitrogens is 4. The van der Waals surface area contributed by atoms with E-state index >= 15 is 0 Å². The Morgan fingerprint density at radius 1 is 0.938 bits per heavy atom. The fourth-order valence-corrected chi connectivity index (χ4v) is 4.05. The van der Waals surface area contributed by atoms with E-state index in [1.807, 2.05) is 53.3 Å². The third-order valence-electron chi connectivity index (χ3n) is 5.89. The van der Waals surface area contributed by atoms with E-state index in [9.17, 15) is 5.11 Å². The van der Waals surface area contributed by atoms with Crippen molar-refractivity contribution in [2.24, 2.45) is 0 Å². The Kier molecular flexibility index (Phi) is 5.70. The Hall–Kier alpha value is -3.49. The van der Waals surface area contributed by atoms with E-state index in [0.29, 0.717) is 12.5 Å². The van der Waals surface area contributed by atoms with Crippen molar-refractivity contribution in [3.8, 4) is 5.69 Å². The molecule has 164 valence electrons. The van der Waals surface area contributed by atoms with Crippen molar-refractivity contribution in [2.45, 2.75) is 6.92 Å². The van der Waals surface area contributed by atoms with E-state index in [-0.39, 0.29) is 6.61 Å². The van der Waals surface area contributed by atoms with Crippen molar-refractivity contribution in [3.63, 3.8) is 0 Å². The number of nitrogens with zero attached hydrogens (tertiary/aromatic N) is 6. The largest absolute Gasteiger partial charge is 0.395 e. The minimum Gasteiger partial charge on any atom is -0.395 e. The van der Waals surface area contributed by atoms with Crippen LogP contribution in [0.1, 0.15) is 5.56 Å². The van der Waals surface area contributed by atoms with Gasteiger partial charge in [-0.1, -0.05) is 36.4 Å². The van der Waals surface area contributed by atoms with Gasteiger partial charge in [0.1, 0.15) is 5.82 Å². The topological polar surface area (TPSA) is 82.3 Å². The van der Waals surface area contributed by atoms with Gasteiger partial charge in [0.05, 0.1) is 23.9 Å². The Morgan fingerprint density at radius 3 is 2.44 bits per heavy atom. The molecule has 1 aliphatic heterocycles. The van der Waals surface area contributed by atoms with Gasteiger partial charge in [0.2, 0.25) is 5.95 Å². The summed E-state index contributed by atoms with van der Waals surface area (Å²) in [6.07, 6.45) is 1.83. The molecule has 8 nitrogen and oxygen atoms in total. The molecule has 0 spiro atoms. The van der Waals surface area contributed by atoms with E-state index in [1.165, 1.54) is 0 Å². The standard InChI is InChI=1S/C24H27N7O/c1-18-7-5-6-10-21(18)26-22-20-17-25-31(19-8-3-2-4-9-19)23(20)28-24(27-22)30-13-11-29(12-14-30)15-16-32/h2-10,17,32H,11-16H2,1H3,(H,26,27,28).